The van der Waals surface area contributed by atoms with Gasteiger partial charge in [0.1, 0.15) is 0 Å². The van der Waals surface area contributed by atoms with Gasteiger partial charge in [0, 0.05) is 6.42 Å². The van der Waals surface area contributed by atoms with Crippen LogP contribution in [0, 0.1) is 0 Å². The van der Waals surface area contributed by atoms with Gasteiger partial charge in [-0.1, -0.05) is 32.8 Å². The van der Waals surface area contributed by atoms with E-state index in [1.807, 2.05) is 13.0 Å². The monoisotopic (exact) mass is 168 g/mol. The Labute approximate surface area is 75.9 Å². The first-order chi connectivity index (χ1) is 5.81. The van der Waals surface area contributed by atoms with Crippen molar-refractivity contribution in [2.75, 3.05) is 0 Å². The number of carbonyl (C=O) groups excluding carboxylic acids is 1. The molecule has 12 heavy (non-hydrogen) atoms. The lowest BCUT2D eigenvalue weighted by Gasteiger charge is -1.91. The van der Waals surface area contributed by atoms with E-state index >= 15 is 0 Å². The van der Waals surface area contributed by atoms with E-state index in [9.17, 15) is 4.79 Å². The van der Waals surface area contributed by atoms with Crippen molar-refractivity contribution in [1.82, 2.24) is 0 Å². The Morgan fingerprint density at radius 1 is 1.17 bits per heavy atom. The average molecular weight is 168 g/mol. The van der Waals surface area contributed by atoms with Gasteiger partial charge in [0.05, 0.1) is 0 Å². The smallest absolute Gasteiger partial charge is 0.155 e. The molecule has 0 aliphatic rings. The molecule has 0 aliphatic carbocycles. The fourth-order valence-corrected chi connectivity index (χ4v) is 1.06. The molecule has 0 atom stereocenters. The maximum Gasteiger partial charge on any atom is 0.155 e. The summed E-state index contributed by atoms with van der Waals surface area (Å²) in [6.07, 6.45) is 10.2. The van der Waals surface area contributed by atoms with Gasteiger partial charge in [-0.25, -0.2) is 0 Å². The molecule has 0 spiro atoms. The normalized spacial score (nSPS) is 10.8. The lowest BCUT2D eigenvalue weighted by molar-refractivity contribution is -0.114. The van der Waals surface area contributed by atoms with Crippen LogP contribution < -0.4 is 0 Å². The summed E-state index contributed by atoms with van der Waals surface area (Å²) in [5, 5.41) is 0. The Morgan fingerprint density at radius 3 is 2.50 bits per heavy atom. The van der Waals surface area contributed by atoms with E-state index in [4.69, 9.17) is 0 Å². The summed E-state index contributed by atoms with van der Waals surface area (Å²) >= 11 is 0. The van der Waals surface area contributed by atoms with Crippen LogP contribution in [0.2, 0.25) is 0 Å². The molecule has 0 fully saturated rings. The second kappa shape index (κ2) is 8.51. The number of ketones is 1. The first kappa shape index (κ1) is 11.4. The van der Waals surface area contributed by atoms with Crippen LogP contribution in [0.1, 0.15) is 52.4 Å². The molecule has 0 saturated heterocycles. The van der Waals surface area contributed by atoms with Gasteiger partial charge in [-0.15, -0.1) is 0 Å². The Balaban J connectivity index is 3.29. The molecule has 0 saturated carbocycles. The highest BCUT2D eigenvalue weighted by Gasteiger charge is 1.91. The molecule has 0 aromatic rings. The van der Waals surface area contributed by atoms with E-state index in [2.05, 4.69) is 6.92 Å². The van der Waals surface area contributed by atoms with Crippen molar-refractivity contribution in [2.45, 2.75) is 52.4 Å². The standard InChI is InChI=1S/C11H20O/c1-3-5-6-7-8-10-11(12)9-4-2/h8,10H,3-7,9H2,1-2H3. The summed E-state index contributed by atoms with van der Waals surface area (Å²) < 4.78 is 0. The zero-order chi connectivity index (χ0) is 9.23. The molecular formula is C11H20O. The van der Waals surface area contributed by atoms with Gasteiger partial charge in [0.2, 0.25) is 0 Å². The molecule has 0 heterocycles. The predicted octanol–water partition coefficient (Wildman–Crippen LogP) is 3.49. The minimum atomic E-state index is 0.272. The highest BCUT2D eigenvalue weighted by molar-refractivity contribution is 5.89. The number of hydrogen-bond acceptors (Lipinski definition) is 1. The fourth-order valence-electron chi connectivity index (χ4n) is 1.06. The summed E-state index contributed by atoms with van der Waals surface area (Å²) in [5.74, 6) is 0.272. The number of unbranched alkanes of at least 4 members (excludes halogenated alkanes) is 3. The van der Waals surface area contributed by atoms with Crippen molar-refractivity contribution in [2.24, 2.45) is 0 Å². The third-order valence-corrected chi connectivity index (χ3v) is 1.77. The lowest BCUT2D eigenvalue weighted by Crippen LogP contribution is -1.89. The number of rotatable bonds is 7. The van der Waals surface area contributed by atoms with E-state index < -0.39 is 0 Å². The Kier molecular flexibility index (Phi) is 8.09. The second-order valence-electron chi connectivity index (χ2n) is 3.11. The second-order valence-corrected chi connectivity index (χ2v) is 3.11. The van der Waals surface area contributed by atoms with Crippen molar-refractivity contribution in [1.29, 1.82) is 0 Å². The van der Waals surface area contributed by atoms with Crippen molar-refractivity contribution < 1.29 is 4.79 Å². The largest absolute Gasteiger partial charge is 0.295 e. The van der Waals surface area contributed by atoms with Crippen molar-refractivity contribution in [3.63, 3.8) is 0 Å². The quantitative estimate of drug-likeness (QED) is 0.420. The summed E-state index contributed by atoms with van der Waals surface area (Å²) in [6.45, 7) is 4.22. The van der Waals surface area contributed by atoms with Gasteiger partial charge in [-0.3, -0.25) is 4.79 Å². The highest BCUT2D eigenvalue weighted by Crippen LogP contribution is 2.00. The van der Waals surface area contributed by atoms with Gasteiger partial charge < -0.3 is 0 Å². The zero-order valence-corrected chi connectivity index (χ0v) is 8.31. The van der Waals surface area contributed by atoms with E-state index in [-0.39, 0.29) is 5.78 Å². The maximum absolute atomic E-state index is 11.0. The summed E-state index contributed by atoms with van der Waals surface area (Å²) in [7, 11) is 0. The fraction of sp³-hybridized carbons (Fsp3) is 0.727. The minimum absolute atomic E-state index is 0.272. The molecule has 1 heteroatoms. The molecule has 70 valence electrons. The molecule has 0 radical (unpaired) electrons. The van der Waals surface area contributed by atoms with Gasteiger partial charge in [0.15, 0.2) is 5.78 Å². The summed E-state index contributed by atoms with van der Waals surface area (Å²) in [5.41, 5.74) is 0. The Morgan fingerprint density at radius 2 is 1.92 bits per heavy atom. The van der Waals surface area contributed by atoms with Gasteiger partial charge in [-0.2, -0.15) is 0 Å². The Bertz CT molecular complexity index is 136. The topological polar surface area (TPSA) is 17.1 Å². The van der Waals surface area contributed by atoms with Crippen LogP contribution in [-0.4, -0.2) is 5.78 Å². The maximum atomic E-state index is 11.0. The van der Waals surface area contributed by atoms with Crippen LogP contribution >= 0.6 is 0 Å². The van der Waals surface area contributed by atoms with Crippen molar-refractivity contribution in [3.8, 4) is 0 Å². The molecule has 0 bridgehead atoms. The molecular weight excluding hydrogens is 148 g/mol. The van der Waals surface area contributed by atoms with Gasteiger partial charge in [0.25, 0.3) is 0 Å². The minimum Gasteiger partial charge on any atom is -0.295 e. The Hall–Kier alpha value is -0.590. The molecule has 0 rings (SSSR count). The van der Waals surface area contributed by atoms with Crippen LogP contribution in [0.15, 0.2) is 12.2 Å². The molecule has 0 aromatic heterocycles. The number of carbonyl (C=O) groups is 1. The predicted molar refractivity (Wildman–Crippen MR) is 53.2 cm³/mol. The van der Waals surface area contributed by atoms with Crippen LogP contribution in [-0.2, 0) is 4.79 Å². The number of hydrogen-bond donors (Lipinski definition) is 0. The molecule has 0 aromatic carbocycles. The third-order valence-electron chi connectivity index (χ3n) is 1.77. The third kappa shape index (κ3) is 7.52. The van der Waals surface area contributed by atoms with E-state index in [1.54, 1.807) is 6.08 Å². The summed E-state index contributed by atoms with van der Waals surface area (Å²) in [4.78, 5) is 11.0. The van der Waals surface area contributed by atoms with Crippen molar-refractivity contribution in [3.05, 3.63) is 12.2 Å². The molecule has 0 N–H and O–H groups in total. The number of allylic oxidation sites excluding steroid dienone is 2. The first-order valence-corrected chi connectivity index (χ1v) is 5.00. The lowest BCUT2D eigenvalue weighted by atomic mass is 10.1. The molecule has 0 unspecified atom stereocenters. The molecule has 1 nitrogen and oxygen atoms in total. The molecule has 0 amide bonds. The van der Waals surface area contributed by atoms with Crippen LogP contribution in [0.4, 0.5) is 0 Å². The first-order valence-electron chi connectivity index (χ1n) is 5.00. The summed E-state index contributed by atoms with van der Waals surface area (Å²) in [6, 6.07) is 0. The average Bonchev–Trinajstić information content (AvgIpc) is 2.05. The van der Waals surface area contributed by atoms with Crippen molar-refractivity contribution >= 4 is 5.78 Å². The highest BCUT2D eigenvalue weighted by atomic mass is 16.1. The molecule has 0 aliphatic heterocycles. The van der Waals surface area contributed by atoms with E-state index in [1.165, 1.54) is 19.3 Å². The van der Waals surface area contributed by atoms with Crippen LogP contribution in [0.5, 0.6) is 0 Å². The van der Waals surface area contributed by atoms with Crippen LogP contribution in [0.3, 0.4) is 0 Å². The van der Waals surface area contributed by atoms with E-state index in [0.717, 1.165) is 12.8 Å². The zero-order valence-electron chi connectivity index (χ0n) is 8.31. The van der Waals surface area contributed by atoms with Gasteiger partial charge in [-0.05, 0) is 25.3 Å². The van der Waals surface area contributed by atoms with Crippen LogP contribution in [0.25, 0.3) is 0 Å². The van der Waals surface area contributed by atoms with E-state index in [0.29, 0.717) is 6.42 Å². The van der Waals surface area contributed by atoms with Gasteiger partial charge >= 0.3 is 0 Å². The SMILES string of the molecule is CCCCCC=CC(=O)CCC.